The second-order valence-corrected chi connectivity index (χ2v) is 5.06. The fourth-order valence-electron chi connectivity index (χ4n) is 2.30. The first-order valence-corrected chi connectivity index (χ1v) is 6.07. The summed E-state index contributed by atoms with van der Waals surface area (Å²) in [6, 6.07) is 5.79. The summed E-state index contributed by atoms with van der Waals surface area (Å²) in [5.41, 5.74) is 2.47. The number of benzene rings is 1. The molecule has 1 aromatic carbocycles. The number of amides is 1. The number of hydrogen-bond acceptors (Lipinski definition) is 2. The Balaban J connectivity index is 2.14. The van der Waals surface area contributed by atoms with Gasteiger partial charge in [0.1, 0.15) is 0 Å². The standard InChI is InChI=1S/C14H19NO2/c1-10-4-5-12(11(2)8-10)13(17)15-14(9-16)6-3-7-14/h4-5,8,16H,3,6-7,9H2,1-2H3,(H,15,17). The third-order valence-corrected chi connectivity index (χ3v) is 3.62. The zero-order chi connectivity index (χ0) is 12.5. The van der Waals surface area contributed by atoms with Gasteiger partial charge in [-0.2, -0.15) is 0 Å². The monoisotopic (exact) mass is 233 g/mol. The molecule has 0 saturated heterocycles. The van der Waals surface area contributed by atoms with Crippen LogP contribution in [0.5, 0.6) is 0 Å². The summed E-state index contributed by atoms with van der Waals surface area (Å²) in [5.74, 6) is -0.0729. The number of hydrogen-bond donors (Lipinski definition) is 2. The van der Waals surface area contributed by atoms with Crippen LogP contribution in [-0.2, 0) is 0 Å². The number of nitrogens with one attached hydrogen (secondary N) is 1. The van der Waals surface area contributed by atoms with Crippen LogP contribution in [-0.4, -0.2) is 23.2 Å². The molecule has 2 N–H and O–H groups in total. The van der Waals surface area contributed by atoms with Gasteiger partial charge in [0, 0.05) is 5.56 Å². The summed E-state index contributed by atoms with van der Waals surface area (Å²) in [6.45, 7) is 3.98. The normalized spacial score (nSPS) is 17.4. The molecule has 1 fully saturated rings. The highest BCUT2D eigenvalue weighted by molar-refractivity contribution is 5.96. The highest BCUT2D eigenvalue weighted by Crippen LogP contribution is 2.31. The first-order valence-electron chi connectivity index (χ1n) is 6.07. The molecule has 1 aromatic rings. The molecule has 0 aromatic heterocycles. The summed E-state index contributed by atoms with van der Waals surface area (Å²) in [6.07, 6.45) is 2.83. The maximum Gasteiger partial charge on any atom is 0.252 e. The van der Waals surface area contributed by atoms with E-state index in [1.165, 1.54) is 0 Å². The van der Waals surface area contributed by atoms with Crippen LogP contribution in [0.4, 0.5) is 0 Å². The Labute approximate surface area is 102 Å². The summed E-state index contributed by atoms with van der Waals surface area (Å²) < 4.78 is 0. The topological polar surface area (TPSA) is 49.3 Å². The van der Waals surface area contributed by atoms with E-state index in [9.17, 15) is 9.90 Å². The van der Waals surface area contributed by atoms with Gasteiger partial charge in [0.25, 0.3) is 5.91 Å². The molecular formula is C14H19NO2. The maximum absolute atomic E-state index is 12.1. The Morgan fingerprint density at radius 3 is 2.59 bits per heavy atom. The highest BCUT2D eigenvalue weighted by atomic mass is 16.3. The van der Waals surface area contributed by atoms with Gasteiger partial charge in [0.2, 0.25) is 0 Å². The van der Waals surface area contributed by atoms with Gasteiger partial charge in [-0.1, -0.05) is 17.7 Å². The van der Waals surface area contributed by atoms with Gasteiger partial charge >= 0.3 is 0 Å². The predicted octanol–water partition coefficient (Wildman–Crippen LogP) is 1.95. The molecule has 1 aliphatic rings. The smallest absolute Gasteiger partial charge is 0.252 e. The minimum Gasteiger partial charge on any atom is -0.394 e. The summed E-state index contributed by atoms with van der Waals surface area (Å²) >= 11 is 0. The van der Waals surface area contributed by atoms with Crippen molar-refractivity contribution in [3.63, 3.8) is 0 Å². The van der Waals surface area contributed by atoms with Gasteiger partial charge in [-0.15, -0.1) is 0 Å². The average molecular weight is 233 g/mol. The summed E-state index contributed by atoms with van der Waals surface area (Å²) in [7, 11) is 0. The minimum atomic E-state index is -0.367. The quantitative estimate of drug-likeness (QED) is 0.838. The molecule has 0 aliphatic heterocycles. The van der Waals surface area contributed by atoms with Crippen LogP contribution in [0, 0.1) is 13.8 Å². The van der Waals surface area contributed by atoms with Crippen molar-refractivity contribution in [2.45, 2.75) is 38.6 Å². The van der Waals surface area contributed by atoms with Crippen LogP contribution >= 0.6 is 0 Å². The van der Waals surface area contributed by atoms with Gasteiger partial charge in [-0.05, 0) is 44.7 Å². The van der Waals surface area contributed by atoms with Crippen LogP contribution < -0.4 is 5.32 Å². The molecule has 3 heteroatoms. The lowest BCUT2D eigenvalue weighted by molar-refractivity contribution is 0.0641. The Morgan fingerprint density at radius 2 is 2.12 bits per heavy atom. The van der Waals surface area contributed by atoms with Crippen LogP contribution in [0.25, 0.3) is 0 Å². The lowest BCUT2D eigenvalue weighted by Crippen LogP contribution is -2.56. The van der Waals surface area contributed by atoms with Crippen LogP contribution in [0.2, 0.25) is 0 Å². The fourth-order valence-corrected chi connectivity index (χ4v) is 2.30. The van der Waals surface area contributed by atoms with Gasteiger partial charge in [-0.25, -0.2) is 0 Å². The van der Waals surface area contributed by atoms with Crippen molar-refractivity contribution in [1.82, 2.24) is 5.32 Å². The molecule has 0 radical (unpaired) electrons. The Bertz CT molecular complexity index is 430. The molecule has 0 bridgehead atoms. The summed E-state index contributed by atoms with van der Waals surface area (Å²) in [4.78, 5) is 12.1. The Morgan fingerprint density at radius 1 is 1.41 bits per heavy atom. The number of carbonyl (C=O) groups excluding carboxylic acids is 1. The van der Waals surface area contributed by atoms with Crippen molar-refractivity contribution in [3.8, 4) is 0 Å². The minimum absolute atomic E-state index is 0.0314. The van der Waals surface area contributed by atoms with Crippen molar-refractivity contribution in [3.05, 3.63) is 34.9 Å². The van der Waals surface area contributed by atoms with E-state index in [2.05, 4.69) is 5.32 Å². The molecule has 1 saturated carbocycles. The van der Waals surface area contributed by atoms with Crippen molar-refractivity contribution >= 4 is 5.91 Å². The molecule has 0 atom stereocenters. The molecule has 0 spiro atoms. The predicted molar refractivity (Wildman–Crippen MR) is 67.1 cm³/mol. The van der Waals surface area contributed by atoms with E-state index in [1.54, 1.807) is 0 Å². The third-order valence-electron chi connectivity index (χ3n) is 3.62. The molecule has 0 unspecified atom stereocenters. The number of aliphatic hydroxyl groups is 1. The number of aryl methyl sites for hydroxylation is 2. The maximum atomic E-state index is 12.1. The number of carbonyl (C=O) groups is 1. The van der Waals surface area contributed by atoms with E-state index in [4.69, 9.17) is 0 Å². The molecule has 1 amide bonds. The SMILES string of the molecule is Cc1ccc(C(=O)NC2(CO)CCC2)c(C)c1. The third kappa shape index (κ3) is 2.34. The van der Waals surface area contributed by atoms with Crippen molar-refractivity contribution in [2.24, 2.45) is 0 Å². The Kier molecular flexibility index (Phi) is 3.20. The molecule has 92 valence electrons. The molecule has 0 heterocycles. The van der Waals surface area contributed by atoms with E-state index in [1.807, 2.05) is 32.0 Å². The van der Waals surface area contributed by atoms with Crippen molar-refractivity contribution in [2.75, 3.05) is 6.61 Å². The molecule has 1 aliphatic carbocycles. The second-order valence-electron chi connectivity index (χ2n) is 5.06. The van der Waals surface area contributed by atoms with Crippen molar-refractivity contribution < 1.29 is 9.90 Å². The highest BCUT2D eigenvalue weighted by Gasteiger charge is 2.37. The average Bonchev–Trinajstić information content (AvgIpc) is 2.23. The van der Waals surface area contributed by atoms with Crippen LogP contribution in [0.3, 0.4) is 0 Å². The lowest BCUT2D eigenvalue weighted by Gasteiger charge is -2.41. The van der Waals surface area contributed by atoms with E-state index >= 15 is 0 Å². The molecule has 2 rings (SSSR count). The number of aliphatic hydroxyl groups excluding tert-OH is 1. The van der Waals surface area contributed by atoms with E-state index < -0.39 is 0 Å². The van der Waals surface area contributed by atoms with Crippen LogP contribution in [0.15, 0.2) is 18.2 Å². The Hall–Kier alpha value is -1.35. The zero-order valence-electron chi connectivity index (χ0n) is 10.4. The van der Waals surface area contributed by atoms with Crippen LogP contribution in [0.1, 0.15) is 40.7 Å². The molecular weight excluding hydrogens is 214 g/mol. The van der Waals surface area contributed by atoms with E-state index in [-0.39, 0.29) is 18.1 Å². The van der Waals surface area contributed by atoms with Gasteiger partial charge < -0.3 is 10.4 Å². The van der Waals surface area contributed by atoms with E-state index in [0.717, 1.165) is 30.4 Å². The van der Waals surface area contributed by atoms with Gasteiger partial charge in [0.15, 0.2) is 0 Å². The van der Waals surface area contributed by atoms with Crippen molar-refractivity contribution in [1.29, 1.82) is 0 Å². The zero-order valence-corrected chi connectivity index (χ0v) is 10.4. The first-order chi connectivity index (χ1) is 8.06. The fraction of sp³-hybridized carbons (Fsp3) is 0.500. The van der Waals surface area contributed by atoms with Gasteiger partial charge in [-0.3, -0.25) is 4.79 Å². The molecule has 17 heavy (non-hydrogen) atoms. The first kappa shape index (κ1) is 12.1. The molecule has 3 nitrogen and oxygen atoms in total. The van der Waals surface area contributed by atoms with Gasteiger partial charge in [0.05, 0.1) is 12.1 Å². The lowest BCUT2D eigenvalue weighted by atomic mass is 9.77. The second kappa shape index (κ2) is 4.49. The number of rotatable bonds is 3. The summed E-state index contributed by atoms with van der Waals surface area (Å²) in [5, 5.41) is 12.3. The van der Waals surface area contributed by atoms with E-state index in [0.29, 0.717) is 5.56 Å². The largest absolute Gasteiger partial charge is 0.394 e.